The highest BCUT2D eigenvalue weighted by Crippen LogP contribution is 2.31. The lowest BCUT2D eigenvalue weighted by atomic mass is 9.87. The first-order chi connectivity index (χ1) is 10.9. The molecule has 0 spiro atoms. The number of hydrogen-bond acceptors (Lipinski definition) is 2. The number of aliphatic hydroxyl groups excluding tert-OH is 1. The largest absolute Gasteiger partial charge is 0.394 e. The number of rotatable bonds is 4. The van der Waals surface area contributed by atoms with E-state index in [1.54, 1.807) is 0 Å². The smallest absolute Gasteiger partial charge is 0.0626 e. The average Bonchev–Trinajstić information content (AvgIpc) is 2.62. The molecule has 2 heteroatoms. The molecular weight excluding hydrogens is 270 g/mol. The summed E-state index contributed by atoms with van der Waals surface area (Å²) in [6, 6.07) is 19.2. The molecule has 118 valence electrons. The molecule has 0 saturated heterocycles. The number of benzene rings is 2. The molecule has 0 heterocycles. The van der Waals surface area contributed by atoms with Gasteiger partial charge >= 0.3 is 0 Å². The van der Waals surface area contributed by atoms with Crippen LogP contribution in [0, 0.1) is 0 Å². The Hall–Kier alpha value is -1.64. The molecule has 2 aromatic rings. The van der Waals surface area contributed by atoms with Gasteiger partial charge in [0.05, 0.1) is 12.6 Å². The summed E-state index contributed by atoms with van der Waals surface area (Å²) < 4.78 is 0. The van der Waals surface area contributed by atoms with Crippen LogP contribution < -0.4 is 5.32 Å². The molecule has 0 radical (unpaired) electrons. The fourth-order valence-electron chi connectivity index (χ4n) is 3.11. The van der Waals surface area contributed by atoms with Crippen molar-refractivity contribution in [2.75, 3.05) is 6.61 Å². The Balaban J connectivity index is 0.000000847. The highest BCUT2D eigenvalue weighted by molar-refractivity contribution is 5.32. The maximum atomic E-state index is 9.70. The molecule has 2 atom stereocenters. The average molecular weight is 297 g/mol. The summed E-state index contributed by atoms with van der Waals surface area (Å²) in [5.74, 6) is 0. The first kappa shape index (κ1) is 16.7. The van der Waals surface area contributed by atoms with E-state index < -0.39 is 0 Å². The van der Waals surface area contributed by atoms with Crippen LogP contribution >= 0.6 is 0 Å². The van der Waals surface area contributed by atoms with Crippen LogP contribution in [-0.2, 0) is 6.42 Å². The lowest BCUT2D eigenvalue weighted by Gasteiger charge is -2.30. The van der Waals surface area contributed by atoms with E-state index in [-0.39, 0.29) is 12.6 Å². The molecule has 0 amide bonds. The third kappa shape index (κ3) is 3.96. The van der Waals surface area contributed by atoms with E-state index >= 15 is 0 Å². The van der Waals surface area contributed by atoms with Gasteiger partial charge in [-0.15, -0.1) is 0 Å². The van der Waals surface area contributed by atoms with E-state index in [0.717, 1.165) is 12.0 Å². The van der Waals surface area contributed by atoms with Crippen molar-refractivity contribution in [1.29, 1.82) is 0 Å². The maximum absolute atomic E-state index is 9.70. The molecule has 0 bridgehead atoms. The first-order valence-corrected chi connectivity index (χ1v) is 8.38. The molecule has 0 saturated carbocycles. The summed E-state index contributed by atoms with van der Waals surface area (Å²) >= 11 is 0. The lowest BCUT2D eigenvalue weighted by molar-refractivity contribution is 0.228. The van der Waals surface area contributed by atoms with Crippen molar-refractivity contribution in [1.82, 2.24) is 5.32 Å². The van der Waals surface area contributed by atoms with E-state index in [1.807, 2.05) is 32.0 Å². The van der Waals surface area contributed by atoms with Gasteiger partial charge < -0.3 is 10.4 Å². The highest BCUT2D eigenvalue weighted by atomic mass is 16.3. The Labute approximate surface area is 134 Å². The second kappa shape index (κ2) is 8.72. The standard InChI is InChI=1S/C18H21NO.C2H6/c20-13-18(15-8-2-1-3-9-15)19-17-12-6-10-14-7-4-5-11-16(14)17;1-2/h1-5,7-9,11,17-20H,6,10,12-13H2;1-2H3/t17-,18-;/m0./s1. The van der Waals surface area contributed by atoms with Gasteiger partial charge in [0.25, 0.3) is 0 Å². The van der Waals surface area contributed by atoms with Crippen LogP contribution in [-0.4, -0.2) is 11.7 Å². The van der Waals surface area contributed by atoms with Gasteiger partial charge in [-0.2, -0.15) is 0 Å². The minimum atomic E-state index is 0.00681. The van der Waals surface area contributed by atoms with Gasteiger partial charge in [-0.1, -0.05) is 68.4 Å². The molecule has 0 aliphatic heterocycles. The molecule has 3 rings (SSSR count). The minimum absolute atomic E-state index is 0.00681. The third-order valence-corrected chi connectivity index (χ3v) is 4.16. The monoisotopic (exact) mass is 297 g/mol. The van der Waals surface area contributed by atoms with Crippen LogP contribution in [0.4, 0.5) is 0 Å². The normalized spacial score (nSPS) is 17.9. The predicted octanol–water partition coefficient (Wildman–Crippen LogP) is 4.41. The molecule has 1 aliphatic rings. The summed E-state index contributed by atoms with van der Waals surface area (Å²) in [7, 11) is 0. The predicted molar refractivity (Wildman–Crippen MR) is 92.9 cm³/mol. The lowest BCUT2D eigenvalue weighted by Crippen LogP contribution is -2.31. The molecule has 0 fully saturated rings. The molecule has 2 aromatic carbocycles. The number of fused-ring (bicyclic) bond motifs is 1. The zero-order valence-electron chi connectivity index (χ0n) is 13.6. The molecule has 2 nitrogen and oxygen atoms in total. The van der Waals surface area contributed by atoms with Crippen molar-refractivity contribution in [2.45, 2.75) is 45.2 Å². The summed E-state index contributed by atoms with van der Waals surface area (Å²) in [4.78, 5) is 0. The number of hydrogen-bond donors (Lipinski definition) is 2. The van der Waals surface area contributed by atoms with Gasteiger partial charge in [-0.05, 0) is 36.0 Å². The second-order valence-electron chi connectivity index (χ2n) is 5.46. The summed E-state index contributed by atoms with van der Waals surface area (Å²) in [5, 5.41) is 13.3. The van der Waals surface area contributed by atoms with Gasteiger partial charge in [0.15, 0.2) is 0 Å². The zero-order chi connectivity index (χ0) is 15.8. The van der Waals surface area contributed by atoms with Crippen LogP contribution in [0.25, 0.3) is 0 Å². The maximum Gasteiger partial charge on any atom is 0.0626 e. The van der Waals surface area contributed by atoms with Gasteiger partial charge in [-0.3, -0.25) is 0 Å². The van der Waals surface area contributed by atoms with Crippen LogP contribution in [0.5, 0.6) is 0 Å². The van der Waals surface area contributed by atoms with E-state index in [0.29, 0.717) is 6.04 Å². The van der Waals surface area contributed by atoms with Crippen LogP contribution in [0.2, 0.25) is 0 Å². The SMILES string of the molecule is CC.OC[C@H](N[C@H]1CCCc2ccccc21)c1ccccc1. The van der Waals surface area contributed by atoms with Gasteiger partial charge in [0.1, 0.15) is 0 Å². The fourth-order valence-corrected chi connectivity index (χ4v) is 3.11. The first-order valence-electron chi connectivity index (χ1n) is 8.38. The second-order valence-corrected chi connectivity index (χ2v) is 5.46. The van der Waals surface area contributed by atoms with E-state index in [1.165, 1.54) is 24.0 Å². The van der Waals surface area contributed by atoms with Crippen molar-refractivity contribution in [3.05, 3.63) is 71.3 Å². The van der Waals surface area contributed by atoms with E-state index in [9.17, 15) is 5.11 Å². The van der Waals surface area contributed by atoms with Crippen LogP contribution in [0.15, 0.2) is 54.6 Å². The number of aryl methyl sites for hydroxylation is 1. The molecule has 22 heavy (non-hydrogen) atoms. The molecule has 1 aliphatic carbocycles. The Morgan fingerprint density at radius 3 is 2.45 bits per heavy atom. The topological polar surface area (TPSA) is 32.3 Å². The highest BCUT2D eigenvalue weighted by Gasteiger charge is 2.22. The zero-order valence-corrected chi connectivity index (χ0v) is 13.6. The third-order valence-electron chi connectivity index (χ3n) is 4.16. The van der Waals surface area contributed by atoms with E-state index in [2.05, 4.69) is 41.7 Å². The van der Waals surface area contributed by atoms with Crippen LogP contribution in [0.3, 0.4) is 0 Å². The fraction of sp³-hybridized carbons (Fsp3) is 0.400. The van der Waals surface area contributed by atoms with Crippen LogP contribution in [0.1, 0.15) is 55.5 Å². The Bertz CT molecular complexity index is 553. The van der Waals surface area contributed by atoms with Gasteiger partial charge in [0, 0.05) is 6.04 Å². The van der Waals surface area contributed by atoms with Crippen molar-refractivity contribution in [3.8, 4) is 0 Å². The summed E-state index contributed by atoms with van der Waals surface area (Å²) in [6.45, 7) is 4.13. The molecular formula is C20H27NO. The van der Waals surface area contributed by atoms with E-state index in [4.69, 9.17) is 0 Å². The van der Waals surface area contributed by atoms with Gasteiger partial charge in [-0.25, -0.2) is 0 Å². The van der Waals surface area contributed by atoms with Gasteiger partial charge in [0.2, 0.25) is 0 Å². The molecule has 2 N–H and O–H groups in total. The van der Waals surface area contributed by atoms with Crippen molar-refractivity contribution in [2.24, 2.45) is 0 Å². The quantitative estimate of drug-likeness (QED) is 0.876. The van der Waals surface area contributed by atoms with Crippen molar-refractivity contribution in [3.63, 3.8) is 0 Å². The Morgan fingerprint density at radius 1 is 1.05 bits per heavy atom. The Morgan fingerprint density at radius 2 is 1.73 bits per heavy atom. The summed E-state index contributed by atoms with van der Waals surface area (Å²) in [5.41, 5.74) is 3.99. The number of nitrogens with one attached hydrogen (secondary N) is 1. The number of aliphatic hydroxyl groups is 1. The minimum Gasteiger partial charge on any atom is -0.394 e. The van der Waals surface area contributed by atoms with Crippen molar-refractivity contribution >= 4 is 0 Å². The molecule has 0 aromatic heterocycles. The van der Waals surface area contributed by atoms with Crippen molar-refractivity contribution < 1.29 is 5.11 Å². The summed E-state index contributed by atoms with van der Waals surface area (Å²) in [6.07, 6.45) is 3.52. The molecule has 0 unspecified atom stereocenters. The Kier molecular flexibility index (Phi) is 6.63.